The zero-order valence-electron chi connectivity index (χ0n) is 9.24. The van der Waals surface area contributed by atoms with Gasteiger partial charge in [-0.25, -0.2) is 8.42 Å². The molecule has 1 aliphatic rings. The number of benzene rings is 2. The molecule has 2 aromatic rings. The molecule has 0 bridgehead atoms. The summed E-state index contributed by atoms with van der Waals surface area (Å²) in [6.07, 6.45) is 0. The molecule has 0 saturated carbocycles. The molecule has 0 spiro atoms. The summed E-state index contributed by atoms with van der Waals surface area (Å²) in [6.45, 7) is 0. The van der Waals surface area contributed by atoms with E-state index in [1.54, 1.807) is 36.4 Å². The van der Waals surface area contributed by atoms with Crippen molar-refractivity contribution in [3.05, 3.63) is 65.2 Å². The van der Waals surface area contributed by atoms with Crippen molar-refractivity contribution in [1.82, 2.24) is 0 Å². The highest BCUT2D eigenvalue weighted by Gasteiger charge is 2.37. The van der Waals surface area contributed by atoms with Crippen LogP contribution >= 0.6 is 0 Å². The Bertz CT molecular complexity index is 748. The van der Waals surface area contributed by atoms with Gasteiger partial charge < -0.3 is 5.53 Å². The summed E-state index contributed by atoms with van der Waals surface area (Å²) in [4.78, 5) is 3.60. The van der Waals surface area contributed by atoms with Crippen LogP contribution in [0, 0.1) is 0 Å². The van der Waals surface area contributed by atoms with Crippen LogP contribution in [0.15, 0.2) is 58.3 Å². The molecule has 88 valence electrons. The van der Waals surface area contributed by atoms with Crippen molar-refractivity contribution in [3.8, 4) is 0 Å². The minimum atomic E-state index is -3.54. The second-order valence-corrected chi connectivity index (χ2v) is 5.83. The molecule has 0 aliphatic carbocycles. The third-order valence-corrected chi connectivity index (χ3v) is 4.83. The molecule has 1 heterocycles. The lowest BCUT2D eigenvalue weighted by atomic mass is 10.0. The molecule has 0 unspecified atom stereocenters. The molecule has 3 rings (SSSR count). The SMILES string of the molecule is [N-]=[N+]=C1c2ccccc2S(=O)(=O)c2ccccc21. The highest BCUT2D eigenvalue weighted by Crippen LogP contribution is 2.33. The Hall–Kier alpha value is -2.23. The first-order valence-corrected chi connectivity index (χ1v) is 6.80. The quantitative estimate of drug-likeness (QED) is 0.455. The molecule has 18 heavy (non-hydrogen) atoms. The van der Waals surface area contributed by atoms with Crippen LogP contribution in [0.5, 0.6) is 0 Å². The minimum Gasteiger partial charge on any atom is -0.361 e. The summed E-state index contributed by atoms with van der Waals surface area (Å²) in [7, 11) is -3.54. The zero-order valence-corrected chi connectivity index (χ0v) is 10.1. The van der Waals surface area contributed by atoms with Gasteiger partial charge in [0.05, 0.1) is 20.9 Å². The molecular weight excluding hydrogens is 248 g/mol. The Morgan fingerprint density at radius 1 is 0.833 bits per heavy atom. The van der Waals surface area contributed by atoms with Gasteiger partial charge >= 0.3 is 5.71 Å². The fourth-order valence-corrected chi connectivity index (χ4v) is 3.83. The Balaban J connectivity index is 2.53. The fraction of sp³-hybridized carbons (Fsp3) is 0. The van der Waals surface area contributed by atoms with Crippen LogP contribution in [0.2, 0.25) is 0 Å². The highest BCUT2D eigenvalue weighted by molar-refractivity contribution is 7.91. The van der Waals surface area contributed by atoms with Crippen molar-refractivity contribution in [1.29, 1.82) is 0 Å². The van der Waals surface area contributed by atoms with E-state index in [9.17, 15) is 8.42 Å². The number of nitrogens with zero attached hydrogens (tertiary/aromatic N) is 2. The standard InChI is InChI=1S/C13H8N2O2S/c14-15-13-9-5-1-3-7-11(9)18(16,17)12-8-4-2-6-10(12)13/h1-8H. The maximum absolute atomic E-state index is 12.4. The third-order valence-electron chi connectivity index (χ3n) is 2.96. The first-order valence-electron chi connectivity index (χ1n) is 5.32. The van der Waals surface area contributed by atoms with E-state index >= 15 is 0 Å². The topological polar surface area (TPSA) is 70.5 Å². The summed E-state index contributed by atoms with van der Waals surface area (Å²) >= 11 is 0. The average Bonchev–Trinajstić information content (AvgIpc) is 2.40. The van der Waals surface area contributed by atoms with E-state index in [1.165, 1.54) is 12.1 Å². The lowest BCUT2D eigenvalue weighted by Crippen LogP contribution is -2.21. The molecule has 5 heteroatoms. The monoisotopic (exact) mass is 256 g/mol. The summed E-state index contributed by atoms with van der Waals surface area (Å²) in [6, 6.07) is 13.0. The van der Waals surface area contributed by atoms with Gasteiger partial charge in [-0.2, -0.15) is 4.79 Å². The van der Waals surface area contributed by atoms with Gasteiger partial charge in [0.25, 0.3) is 0 Å². The van der Waals surface area contributed by atoms with E-state index in [4.69, 9.17) is 5.53 Å². The molecule has 4 nitrogen and oxygen atoms in total. The van der Waals surface area contributed by atoms with Crippen molar-refractivity contribution in [2.24, 2.45) is 0 Å². The van der Waals surface area contributed by atoms with Gasteiger partial charge in [0, 0.05) is 0 Å². The predicted octanol–water partition coefficient (Wildman–Crippen LogP) is 1.90. The van der Waals surface area contributed by atoms with Crippen molar-refractivity contribution in [2.45, 2.75) is 9.79 Å². The van der Waals surface area contributed by atoms with Crippen LogP contribution in [0.25, 0.3) is 5.53 Å². The Kier molecular flexibility index (Phi) is 2.20. The number of rotatable bonds is 0. The van der Waals surface area contributed by atoms with Crippen LogP contribution in [-0.2, 0) is 9.84 Å². The minimum absolute atomic E-state index is 0.177. The summed E-state index contributed by atoms with van der Waals surface area (Å²) in [5.41, 5.74) is 10.3. The van der Waals surface area contributed by atoms with Crippen LogP contribution in [0.3, 0.4) is 0 Å². The van der Waals surface area contributed by atoms with Gasteiger partial charge in [-0.1, -0.05) is 24.3 Å². The van der Waals surface area contributed by atoms with Crippen LogP contribution in [0.1, 0.15) is 11.1 Å². The van der Waals surface area contributed by atoms with Gasteiger partial charge in [0.2, 0.25) is 9.84 Å². The molecule has 0 aromatic heterocycles. The Labute approximate surface area is 104 Å². The maximum atomic E-state index is 12.4. The van der Waals surface area contributed by atoms with Gasteiger partial charge in [-0.15, -0.1) is 0 Å². The largest absolute Gasteiger partial charge is 0.361 e. The van der Waals surface area contributed by atoms with Crippen LogP contribution < -0.4 is 0 Å². The number of hydrogen-bond donors (Lipinski definition) is 0. The summed E-state index contributed by atoms with van der Waals surface area (Å²) in [5.74, 6) is 0. The summed E-state index contributed by atoms with van der Waals surface area (Å²) < 4.78 is 24.8. The lowest BCUT2D eigenvalue weighted by molar-refractivity contribution is -0.00334. The zero-order chi connectivity index (χ0) is 12.8. The van der Waals surface area contributed by atoms with Crippen molar-refractivity contribution in [3.63, 3.8) is 0 Å². The van der Waals surface area contributed by atoms with E-state index in [1.807, 2.05) is 0 Å². The van der Waals surface area contributed by atoms with Crippen molar-refractivity contribution < 1.29 is 13.2 Å². The van der Waals surface area contributed by atoms with E-state index in [-0.39, 0.29) is 15.5 Å². The normalized spacial score (nSPS) is 15.4. The third kappa shape index (κ3) is 1.29. The molecule has 0 fully saturated rings. The molecule has 0 atom stereocenters. The fourth-order valence-electron chi connectivity index (χ4n) is 2.16. The first kappa shape index (κ1) is 10.9. The molecule has 0 N–H and O–H groups in total. The molecular formula is C13H8N2O2S. The summed E-state index contributed by atoms with van der Waals surface area (Å²) in [5, 5.41) is 0. The number of hydrogen-bond acceptors (Lipinski definition) is 2. The smallest absolute Gasteiger partial charge is 0.332 e. The lowest BCUT2D eigenvalue weighted by Gasteiger charge is -2.15. The Morgan fingerprint density at radius 2 is 1.28 bits per heavy atom. The van der Waals surface area contributed by atoms with Gasteiger partial charge in [0.1, 0.15) is 0 Å². The van der Waals surface area contributed by atoms with E-state index in [2.05, 4.69) is 4.79 Å². The van der Waals surface area contributed by atoms with Crippen LogP contribution in [-0.4, -0.2) is 18.9 Å². The second-order valence-electron chi connectivity index (χ2n) is 3.94. The van der Waals surface area contributed by atoms with Crippen molar-refractivity contribution in [2.75, 3.05) is 0 Å². The molecule has 0 radical (unpaired) electrons. The van der Waals surface area contributed by atoms with E-state index in [0.29, 0.717) is 11.1 Å². The van der Waals surface area contributed by atoms with Gasteiger partial charge in [-0.3, -0.25) is 0 Å². The van der Waals surface area contributed by atoms with Gasteiger partial charge in [0.15, 0.2) is 0 Å². The molecule has 2 aromatic carbocycles. The molecule has 0 amide bonds. The van der Waals surface area contributed by atoms with Crippen LogP contribution in [0.4, 0.5) is 0 Å². The second kappa shape index (κ2) is 3.63. The number of sulfone groups is 1. The number of fused-ring (bicyclic) bond motifs is 2. The van der Waals surface area contributed by atoms with E-state index in [0.717, 1.165) is 0 Å². The molecule has 0 saturated heterocycles. The highest BCUT2D eigenvalue weighted by atomic mass is 32.2. The average molecular weight is 256 g/mol. The molecule has 1 aliphatic heterocycles. The van der Waals surface area contributed by atoms with Crippen molar-refractivity contribution >= 4 is 15.5 Å². The van der Waals surface area contributed by atoms with Gasteiger partial charge in [-0.05, 0) is 24.3 Å². The Morgan fingerprint density at radius 3 is 1.72 bits per heavy atom. The first-order chi connectivity index (χ1) is 8.66. The predicted molar refractivity (Wildman–Crippen MR) is 65.2 cm³/mol. The van der Waals surface area contributed by atoms with E-state index < -0.39 is 9.84 Å². The maximum Gasteiger partial charge on any atom is 0.332 e.